The maximum Gasteiger partial charge on any atom is 0.119 e. The average molecular weight is 518 g/mol. The fraction of sp³-hybridized carbons (Fsp3) is 0.829. The first-order chi connectivity index (χ1) is 17.4. The molecule has 0 saturated heterocycles. The Balaban J connectivity index is 0.0000130. The minimum absolute atomic E-state index is 0. The number of hydrogen-bond acceptors (Lipinski definition) is 1. The molecule has 0 aliphatic carbocycles. The third-order valence-corrected chi connectivity index (χ3v) is 9.06. The zero-order chi connectivity index (χ0) is 26.5. The molecule has 2 nitrogen and oxygen atoms in total. The van der Waals surface area contributed by atoms with Crippen LogP contribution in [0.15, 0.2) is 24.3 Å². The summed E-state index contributed by atoms with van der Waals surface area (Å²) in [5, 5.41) is 0. The highest BCUT2D eigenvalue weighted by molar-refractivity contribution is 5.31. The van der Waals surface area contributed by atoms with Crippen molar-refractivity contribution in [2.45, 2.75) is 168 Å². The van der Waals surface area contributed by atoms with Crippen LogP contribution in [-0.4, -0.2) is 30.6 Å². The zero-order valence-corrected chi connectivity index (χ0v) is 26.3. The number of aryl methyl sites for hydroxylation is 1. The molecule has 1 aromatic carbocycles. The van der Waals surface area contributed by atoms with Gasteiger partial charge in [0.2, 0.25) is 0 Å². The molecule has 0 bridgehead atoms. The first-order valence-electron chi connectivity index (χ1n) is 16.3. The van der Waals surface area contributed by atoms with Crippen LogP contribution < -0.4 is 0 Å². The van der Waals surface area contributed by atoms with Crippen molar-refractivity contribution in [3.05, 3.63) is 35.4 Å². The van der Waals surface area contributed by atoms with Crippen molar-refractivity contribution in [2.24, 2.45) is 0 Å². The molecule has 218 valence electrons. The van der Waals surface area contributed by atoms with Gasteiger partial charge in [-0.05, 0) is 45.1 Å². The molecule has 0 radical (unpaired) electrons. The molecule has 37 heavy (non-hydrogen) atoms. The minimum atomic E-state index is 0. The van der Waals surface area contributed by atoms with E-state index in [1.807, 2.05) is 0 Å². The first-order valence-corrected chi connectivity index (χ1v) is 16.3. The molecule has 0 aromatic heterocycles. The Morgan fingerprint density at radius 1 is 0.541 bits per heavy atom. The summed E-state index contributed by atoms with van der Waals surface area (Å²) >= 11 is 0. The van der Waals surface area contributed by atoms with Gasteiger partial charge in [-0.3, -0.25) is 0 Å². The number of benzene rings is 1. The smallest absolute Gasteiger partial charge is 0.119 e. The standard InChI is InChI=1S/C35H66N.H2O/c1-7-9-11-13-15-16-17-18-19-20-21-22-24-28-32-36(5,6)35(3,4)34-31-27-26-30-33(34)29-25-23-14-12-10-8-2;/h26-27,30-31H,7-25,28-29,32H2,1-6H3;1H2/q+1;/p-1. The molecular formula is C35H67NO. The Morgan fingerprint density at radius 2 is 0.919 bits per heavy atom. The Hall–Kier alpha value is -0.860. The number of unbranched alkanes of at least 4 members (excludes halogenated alkanes) is 18. The maximum absolute atomic E-state index is 2.48. The largest absolute Gasteiger partial charge is 0.870 e. The van der Waals surface area contributed by atoms with Crippen molar-refractivity contribution < 1.29 is 9.96 Å². The van der Waals surface area contributed by atoms with E-state index < -0.39 is 0 Å². The van der Waals surface area contributed by atoms with Gasteiger partial charge in [-0.1, -0.05) is 147 Å². The van der Waals surface area contributed by atoms with Crippen LogP contribution in [0.25, 0.3) is 0 Å². The van der Waals surface area contributed by atoms with E-state index in [0.717, 1.165) is 4.48 Å². The van der Waals surface area contributed by atoms with Gasteiger partial charge < -0.3 is 9.96 Å². The average Bonchev–Trinajstić information content (AvgIpc) is 2.86. The molecule has 0 fully saturated rings. The molecule has 0 amide bonds. The minimum Gasteiger partial charge on any atom is -0.870 e. The van der Waals surface area contributed by atoms with Gasteiger partial charge >= 0.3 is 0 Å². The summed E-state index contributed by atoms with van der Waals surface area (Å²) in [6.45, 7) is 10.8. The zero-order valence-electron chi connectivity index (χ0n) is 26.3. The Labute approximate surface area is 233 Å². The highest BCUT2D eigenvalue weighted by atomic mass is 16.0. The van der Waals surface area contributed by atoms with Gasteiger partial charge in [0, 0.05) is 5.56 Å². The summed E-state index contributed by atoms with van der Waals surface area (Å²) < 4.78 is 1.08. The molecule has 0 spiro atoms. The van der Waals surface area contributed by atoms with E-state index in [0.29, 0.717) is 0 Å². The fourth-order valence-electron chi connectivity index (χ4n) is 5.74. The number of nitrogens with zero attached hydrogens (tertiary/aromatic N) is 1. The predicted molar refractivity (Wildman–Crippen MR) is 166 cm³/mol. The van der Waals surface area contributed by atoms with Crippen LogP contribution in [0.5, 0.6) is 0 Å². The van der Waals surface area contributed by atoms with Gasteiger partial charge in [-0.15, -0.1) is 0 Å². The maximum atomic E-state index is 2.48. The molecule has 0 heterocycles. The van der Waals surface area contributed by atoms with E-state index in [1.54, 1.807) is 11.1 Å². The van der Waals surface area contributed by atoms with Gasteiger partial charge in [0.15, 0.2) is 0 Å². The van der Waals surface area contributed by atoms with E-state index in [9.17, 15) is 0 Å². The van der Waals surface area contributed by atoms with Gasteiger partial charge in [0.1, 0.15) is 5.54 Å². The molecule has 0 unspecified atom stereocenters. The fourth-order valence-corrected chi connectivity index (χ4v) is 5.74. The number of rotatable bonds is 24. The van der Waals surface area contributed by atoms with E-state index in [2.05, 4.69) is 66.1 Å². The highest BCUT2D eigenvalue weighted by Crippen LogP contribution is 2.35. The second-order valence-electron chi connectivity index (χ2n) is 12.7. The summed E-state index contributed by atoms with van der Waals surface area (Å²) in [4.78, 5) is 0. The molecule has 0 saturated carbocycles. The van der Waals surface area contributed by atoms with Gasteiger partial charge in [-0.2, -0.15) is 0 Å². The highest BCUT2D eigenvalue weighted by Gasteiger charge is 2.39. The molecule has 2 heteroatoms. The summed E-state index contributed by atoms with van der Waals surface area (Å²) in [7, 11) is 4.92. The summed E-state index contributed by atoms with van der Waals surface area (Å²) in [5.41, 5.74) is 3.31. The lowest BCUT2D eigenvalue weighted by Gasteiger charge is -2.46. The van der Waals surface area contributed by atoms with E-state index in [4.69, 9.17) is 0 Å². The monoisotopic (exact) mass is 518 g/mol. The van der Waals surface area contributed by atoms with Crippen LogP contribution in [0, 0.1) is 0 Å². The quantitative estimate of drug-likeness (QED) is 0.0990. The SMILES string of the molecule is CCCCCCCCCCCCCCCC[N+](C)(C)C(C)(C)c1ccccc1CCCCCCCC.[OH-]. The lowest BCUT2D eigenvalue weighted by atomic mass is 9.84. The van der Waals surface area contributed by atoms with Crippen LogP contribution >= 0.6 is 0 Å². The van der Waals surface area contributed by atoms with Gasteiger partial charge in [0.05, 0.1) is 20.6 Å². The van der Waals surface area contributed by atoms with Crippen molar-refractivity contribution in [3.63, 3.8) is 0 Å². The second-order valence-corrected chi connectivity index (χ2v) is 12.7. The van der Waals surface area contributed by atoms with Crippen molar-refractivity contribution in [2.75, 3.05) is 20.6 Å². The lowest BCUT2D eigenvalue weighted by molar-refractivity contribution is -0.945. The van der Waals surface area contributed by atoms with Crippen molar-refractivity contribution in [1.29, 1.82) is 0 Å². The van der Waals surface area contributed by atoms with Crippen LogP contribution in [0.2, 0.25) is 0 Å². The van der Waals surface area contributed by atoms with Crippen molar-refractivity contribution in [3.8, 4) is 0 Å². The predicted octanol–water partition coefficient (Wildman–Crippen LogP) is 11.2. The Kier molecular flexibility index (Phi) is 21.5. The van der Waals surface area contributed by atoms with E-state index in [-0.39, 0.29) is 11.0 Å². The molecule has 1 aromatic rings. The van der Waals surface area contributed by atoms with Crippen LogP contribution in [0.1, 0.15) is 167 Å². The van der Waals surface area contributed by atoms with Crippen LogP contribution in [0.4, 0.5) is 0 Å². The third-order valence-electron chi connectivity index (χ3n) is 9.06. The van der Waals surface area contributed by atoms with Crippen LogP contribution in [-0.2, 0) is 12.0 Å². The molecule has 0 aliphatic rings. The molecule has 1 rings (SSSR count). The Bertz CT molecular complexity index is 636. The number of quaternary nitrogens is 1. The van der Waals surface area contributed by atoms with Gasteiger partial charge in [0.25, 0.3) is 0 Å². The van der Waals surface area contributed by atoms with E-state index >= 15 is 0 Å². The van der Waals surface area contributed by atoms with Crippen molar-refractivity contribution >= 4 is 0 Å². The summed E-state index contributed by atoms with van der Waals surface area (Å²) in [5.74, 6) is 0. The van der Waals surface area contributed by atoms with Crippen molar-refractivity contribution in [1.82, 2.24) is 0 Å². The first kappa shape index (κ1) is 36.1. The number of hydrogen-bond donors (Lipinski definition) is 0. The normalized spacial score (nSPS) is 12.1. The molecule has 0 atom stereocenters. The molecule has 1 N–H and O–H groups in total. The van der Waals surface area contributed by atoms with E-state index in [1.165, 1.54) is 141 Å². The summed E-state index contributed by atoms with van der Waals surface area (Å²) in [6, 6.07) is 9.32. The Morgan fingerprint density at radius 3 is 1.38 bits per heavy atom. The lowest BCUT2D eigenvalue weighted by Crippen LogP contribution is -2.54. The molecular weight excluding hydrogens is 450 g/mol. The second kappa shape index (κ2) is 22.0. The topological polar surface area (TPSA) is 30.0 Å². The summed E-state index contributed by atoms with van der Waals surface area (Å²) in [6.07, 6.45) is 29.6. The van der Waals surface area contributed by atoms with Crippen LogP contribution in [0.3, 0.4) is 0 Å². The van der Waals surface area contributed by atoms with Gasteiger partial charge in [-0.25, -0.2) is 0 Å². The molecule has 0 aliphatic heterocycles. The third kappa shape index (κ3) is 15.4.